The largest absolute Gasteiger partial charge is 0.387 e. The van der Waals surface area contributed by atoms with E-state index in [4.69, 9.17) is 0 Å². The molecule has 0 saturated carbocycles. The molecule has 0 saturated heterocycles. The van der Waals surface area contributed by atoms with Gasteiger partial charge in [0.15, 0.2) is 0 Å². The average Bonchev–Trinajstić information content (AvgIpc) is 2.90. The molecule has 2 unspecified atom stereocenters. The van der Waals surface area contributed by atoms with Gasteiger partial charge in [-0.2, -0.15) is 5.10 Å². The fourth-order valence-electron chi connectivity index (χ4n) is 2.39. The van der Waals surface area contributed by atoms with Crippen LogP contribution in [0.3, 0.4) is 0 Å². The number of nitrogens with zero attached hydrogens (tertiary/aromatic N) is 2. The molecule has 0 spiro atoms. The number of aliphatic hydroxyl groups is 1. The van der Waals surface area contributed by atoms with Gasteiger partial charge in [0.05, 0.1) is 12.3 Å². The molecule has 2 atom stereocenters. The SMILES string of the molecule is CC(NCC(O)c1ccc(C(C)(C)C)cc1)c1cnn(C)c1. The van der Waals surface area contributed by atoms with Crippen molar-refractivity contribution in [2.75, 3.05) is 6.54 Å². The van der Waals surface area contributed by atoms with E-state index in [1.54, 1.807) is 4.68 Å². The van der Waals surface area contributed by atoms with E-state index >= 15 is 0 Å². The minimum Gasteiger partial charge on any atom is -0.387 e. The Labute approximate surface area is 133 Å². The van der Waals surface area contributed by atoms with Crippen molar-refractivity contribution in [3.63, 3.8) is 0 Å². The smallest absolute Gasteiger partial charge is 0.0914 e. The fourth-order valence-corrected chi connectivity index (χ4v) is 2.39. The van der Waals surface area contributed by atoms with Crippen LogP contribution in [0.2, 0.25) is 0 Å². The highest BCUT2D eigenvalue weighted by molar-refractivity contribution is 5.28. The highest BCUT2D eigenvalue weighted by Gasteiger charge is 2.15. The first kappa shape index (κ1) is 16.7. The lowest BCUT2D eigenvalue weighted by Gasteiger charge is -2.21. The van der Waals surface area contributed by atoms with Gasteiger partial charge in [-0.25, -0.2) is 0 Å². The first-order valence-electron chi connectivity index (χ1n) is 7.78. The summed E-state index contributed by atoms with van der Waals surface area (Å²) >= 11 is 0. The van der Waals surface area contributed by atoms with E-state index in [1.807, 2.05) is 31.6 Å². The van der Waals surface area contributed by atoms with Gasteiger partial charge in [-0.1, -0.05) is 45.0 Å². The van der Waals surface area contributed by atoms with E-state index in [-0.39, 0.29) is 11.5 Å². The van der Waals surface area contributed by atoms with Gasteiger partial charge >= 0.3 is 0 Å². The predicted molar refractivity (Wildman–Crippen MR) is 89.7 cm³/mol. The molecule has 22 heavy (non-hydrogen) atoms. The number of aromatic nitrogens is 2. The van der Waals surface area contributed by atoms with Gasteiger partial charge in [-0.05, 0) is 23.5 Å². The van der Waals surface area contributed by atoms with E-state index in [2.05, 4.69) is 50.2 Å². The van der Waals surface area contributed by atoms with E-state index in [1.165, 1.54) is 5.56 Å². The summed E-state index contributed by atoms with van der Waals surface area (Å²) in [6.45, 7) is 9.16. The molecule has 1 heterocycles. The molecule has 0 aliphatic heterocycles. The number of aryl methyl sites for hydroxylation is 1. The third-order valence-corrected chi connectivity index (χ3v) is 4.00. The Hall–Kier alpha value is -1.65. The lowest BCUT2D eigenvalue weighted by atomic mass is 9.86. The Kier molecular flexibility index (Phi) is 5.04. The van der Waals surface area contributed by atoms with Crippen molar-refractivity contribution in [2.45, 2.75) is 45.3 Å². The van der Waals surface area contributed by atoms with Crippen LogP contribution in [0.4, 0.5) is 0 Å². The summed E-state index contributed by atoms with van der Waals surface area (Å²) in [6.07, 6.45) is 3.33. The molecule has 4 nitrogen and oxygen atoms in total. The van der Waals surface area contributed by atoms with Crippen LogP contribution in [0.15, 0.2) is 36.7 Å². The van der Waals surface area contributed by atoms with E-state index in [9.17, 15) is 5.11 Å². The molecule has 1 aromatic heterocycles. The molecule has 0 fully saturated rings. The molecule has 120 valence electrons. The highest BCUT2D eigenvalue weighted by Crippen LogP contribution is 2.24. The molecule has 0 bridgehead atoms. The van der Waals surface area contributed by atoms with E-state index in [0.29, 0.717) is 6.54 Å². The number of nitrogens with one attached hydrogen (secondary N) is 1. The first-order chi connectivity index (χ1) is 10.3. The second-order valence-corrected chi connectivity index (χ2v) is 6.97. The van der Waals surface area contributed by atoms with Crippen LogP contribution in [-0.4, -0.2) is 21.4 Å². The molecule has 0 aliphatic rings. The standard InChI is InChI=1S/C18H27N3O/c1-13(15-10-20-21(5)12-15)19-11-17(22)14-6-8-16(9-7-14)18(2,3)4/h6-10,12-13,17,19,22H,11H2,1-5H3. The molecule has 0 radical (unpaired) electrons. The van der Waals surface area contributed by atoms with Crippen molar-refractivity contribution in [1.82, 2.24) is 15.1 Å². The second-order valence-electron chi connectivity index (χ2n) is 6.97. The van der Waals surface area contributed by atoms with Crippen LogP contribution in [0, 0.1) is 0 Å². The Morgan fingerprint density at radius 2 is 1.82 bits per heavy atom. The van der Waals surface area contributed by atoms with Crippen LogP contribution in [-0.2, 0) is 12.5 Å². The first-order valence-corrected chi connectivity index (χ1v) is 7.78. The van der Waals surface area contributed by atoms with Gasteiger partial charge in [-0.3, -0.25) is 4.68 Å². The predicted octanol–water partition coefficient (Wildman–Crippen LogP) is 3.10. The monoisotopic (exact) mass is 301 g/mol. The van der Waals surface area contributed by atoms with Crippen molar-refractivity contribution in [3.8, 4) is 0 Å². The molecular formula is C18H27N3O. The molecule has 2 rings (SSSR count). The zero-order valence-corrected chi connectivity index (χ0v) is 14.2. The Bertz CT molecular complexity index is 596. The lowest BCUT2D eigenvalue weighted by Crippen LogP contribution is -2.24. The maximum atomic E-state index is 10.3. The van der Waals surface area contributed by atoms with Crippen LogP contribution < -0.4 is 5.32 Å². The van der Waals surface area contributed by atoms with Crippen molar-refractivity contribution in [2.24, 2.45) is 7.05 Å². The summed E-state index contributed by atoms with van der Waals surface area (Å²) in [7, 11) is 1.90. The molecule has 2 N–H and O–H groups in total. The van der Waals surface area contributed by atoms with Gasteiger partial charge in [-0.15, -0.1) is 0 Å². The van der Waals surface area contributed by atoms with Crippen molar-refractivity contribution in [3.05, 3.63) is 53.3 Å². The third kappa shape index (κ3) is 4.18. The molecule has 2 aromatic rings. The summed E-state index contributed by atoms with van der Waals surface area (Å²) in [5.74, 6) is 0. The zero-order valence-electron chi connectivity index (χ0n) is 14.2. The molecule has 4 heteroatoms. The summed E-state index contributed by atoms with van der Waals surface area (Å²) in [6, 6.07) is 8.40. The van der Waals surface area contributed by atoms with Crippen LogP contribution in [0.1, 0.15) is 56.5 Å². The Morgan fingerprint density at radius 1 is 1.18 bits per heavy atom. The molecular weight excluding hydrogens is 274 g/mol. The lowest BCUT2D eigenvalue weighted by molar-refractivity contribution is 0.170. The van der Waals surface area contributed by atoms with Gasteiger partial charge in [0.25, 0.3) is 0 Å². The quantitative estimate of drug-likeness (QED) is 0.892. The second kappa shape index (κ2) is 6.63. The van der Waals surface area contributed by atoms with E-state index < -0.39 is 6.10 Å². The molecule has 0 aliphatic carbocycles. The molecule has 1 aromatic carbocycles. The van der Waals surface area contributed by atoms with E-state index in [0.717, 1.165) is 11.1 Å². The number of hydrogen-bond donors (Lipinski definition) is 2. The summed E-state index contributed by atoms with van der Waals surface area (Å²) < 4.78 is 1.79. The molecule has 0 amide bonds. The van der Waals surface area contributed by atoms with Gasteiger partial charge < -0.3 is 10.4 Å². The number of benzene rings is 1. The minimum atomic E-state index is -0.506. The minimum absolute atomic E-state index is 0.135. The maximum Gasteiger partial charge on any atom is 0.0914 e. The number of aliphatic hydroxyl groups excluding tert-OH is 1. The average molecular weight is 301 g/mol. The summed E-state index contributed by atoms with van der Waals surface area (Å²) in [5, 5.41) is 17.9. The summed E-state index contributed by atoms with van der Waals surface area (Å²) in [5.41, 5.74) is 3.48. The highest BCUT2D eigenvalue weighted by atomic mass is 16.3. The maximum absolute atomic E-state index is 10.3. The van der Waals surface area contributed by atoms with Crippen LogP contribution >= 0.6 is 0 Å². The van der Waals surface area contributed by atoms with Gasteiger partial charge in [0.2, 0.25) is 0 Å². The Balaban J connectivity index is 1.93. The fraction of sp³-hybridized carbons (Fsp3) is 0.500. The van der Waals surface area contributed by atoms with Crippen LogP contribution in [0.25, 0.3) is 0 Å². The van der Waals surface area contributed by atoms with Crippen molar-refractivity contribution >= 4 is 0 Å². The van der Waals surface area contributed by atoms with Crippen molar-refractivity contribution < 1.29 is 5.11 Å². The normalized spacial score (nSPS) is 14.8. The van der Waals surface area contributed by atoms with Gasteiger partial charge in [0.1, 0.15) is 0 Å². The summed E-state index contributed by atoms with van der Waals surface area (Å²) in [4.78, 5) is 0. The third-order valence-electron chi connectivity index (χ3n) is 4.00. The Morgan fingerprint density at radius 3 is 2.32 bits per heavy atom. The van der Waals surface area contributed by atoms with Gasteiger partial charge in [0, 0.05) is 31.4 Å². The van der Waals surface area contributed by atoms with Crippen molar-refractivity contribution in [1.29, 1.82) is 0 Å². The number of rotatable bonds is 5. The topological polar surface area (TPSA) is 50.1 Å². The zero-order chi connectivity index (χ0) is 16.3. The number of hydrogen-bond acceptors (Lipinski definition) is 3. The van der Waals surface area contributed by atoms with Crippen LogP contribution in [0.5, 0.6) is 0 Å².